The standard InChI is InChI=1S/C20H23N5O/c1-3-8-19(18-11-4-5-12-21-18)24(2)20(26)23-16-9-6-10-17(15-16)25-14-7-13-22-25/h4-7,9-15,19H,3,8H2,1-2H3,(H,23,26)/t19-/m0/s1. The molecule has 134 valence electrons. The zero-order valence-corrected chi connectivity index (χ0v) is 15.0. The van der Waals surface area contributed by atoms with Crippen LogP contribution in [0.1, 0.15) is 31.5 Å². The van der Waals surface area contributed by atoms with Crippen molar-refractivity contribution >= 4 is 11.7 Å². The Labute approximate surface area is 153 Å². The number of urea groups is 1. The molecule has 0 aliphatic carbocycles. The third-order valence-electron chi connectivity index (χ3n) is 4.25. The van der Waals surface area contributed by atoms with Crippen LogP contribution < -0.4 is 5.32 Å². The lowest BCUT2D eigenvalue weighted by molar-refractivity contribution is 0.199. The first-order valence-electron chi connectivity index (χ1n) is 8.74. The van der Waals surface area contributed by atoms with Gasteiger partial charge in [-0.25, -0.2) is 9.48 Å². The van der Waals surface area contributed by atoms with E-state index < -0.39 is 0 Å². The normalized spacial score (nSPS) is 11.8. The molecule has 3 aromatic rings. The van der Waals surface area contributed by atoms with Crippen LogP contribution in [0, 0.1) is 0 Å². The number of pyridine rings is 1. The van der Waals surface area contributed by atoms with Crippen molar-refractivity contribution in [3.05, 3.63) is 72.8 Å². The molecule has 0 unspecified atom stereocenters. The van der Waals surface area contributed by atoms with E-state index in [9.17, 15) is 4.79 Å². The Morgan fingerprint density at radius 3 is 2.77 bits per heavy atom. The summed E-state index contributed by atoms with van der Waals surface area (Å²) in [7, 11) is 1.81. The maximum atomic E-state index is 12.8. The van der Waals surface area contributed by atoms with Gasteiger partial charge in [-0.05, 0) is 42.8 Å². The van der Waals surface area contributed by atoms with Crippen molar-refractivity contribution in [1.82, 2.24) is 19.7 Å². The van der Waals surface area contributed by atoms with Crippen molar-refractivity contribution in [3.63, 3.8) is 0 Å². The molecule has 1 N–H and O–H groups in total. The quantitative estimate of drug-likeness (QED) is 0.723. The minimum Gasteiger partial charge on any atom is -0.319 e. The number of benzene rings is 1. The Bertz CT molecular complexity index is 832. The molecule has 0 saturated heterocycles. The number of aromatic nitrogens is 3. The van der Waals surface area contributed by atoms with Crippen molar-refractivity contribution in [1.29, 1.82) is 0 Å². The smallest absolute Gasteiger partial charge is 0.319 e. The van der Waals surface area contributed by atoms with E-state index in [1.165, 1.54) is 0 Å². The second kappa shape index (κ2) is 8.29. The predicted molar refractivity (Wildman–Crippen MR) is 102 cm³/mol. The van der Waals surface area contributed by atoms with Crippen LogP contribution >= 0.6 is 0 Å². The van der Waals surface area contributed by atoms with Crippen LogP contribution in [0.25, 0.3) is 5.69 Å². The van der Waals surface area contributed by atoms with Gasteiger partial charge in [0.05, 0.1) is 17.4 Å². The van der Waals surface area contributed by atoms with E-state index in [2.05, 4.69) is 22.3 Å². The average molecular weight is 349 g/mol. The first kappa shape index (κ1) is 17.7. The van der Waals surface area contributed by atoms with Gasteiger partial charge < -0.3 is 10.2 Å². The van der Waals surface area contributed by atoms with Crippen LogP contribution in [0.5, 0.6) is 0 Å². The zero-order valence-electron chi connectivity index (χ0n) is 15.0. The van der Waals surface area contributed by atoms with E-state index in [-0.39, 0.29) is 12.1 Å². The molecular weight excluding hydrogens is 326 g/mol. The molecule has 26 heavy (non-hydrogen) atoms. The minimum atomic E-state index is -0.160. The lowest BCUT2D eigenvalue weighted by atomic mass is 10.1. The van der Waals surface area contributed by atoms with E-state index in [1.807, 2.05) is 61.8 Å². The summed E-state index contributed by atoms with van der Waals surface area (Å²) in [5, 5.41) is 7.19. The fraction of sp³-hybridized carbons (Fsp3) is 0.250. The maximum Gasteiger partial charge on any atom is 0.322 e. The van der Waals surface area contributed by atoms with Gasteiger partial charge in [0, 0.05) is 31.3 Å². The number of hydrogen-bond acceptors (Lipinski definition) is 3. The summed E-state index contributed by atoms with van der Waals surface area (Å²) in [5.74, 6) is 0. The summed E-state index contributed by atoms with van der Waals surface area (Å²) < 4.78 is 1.76. The molecule has 0 radical (unpaired) electrons. The summed E-state index contributed by atoms with van der Waals surface area (Å²) in [6.07, 6.45) is 7.17. The topological polar surface area (TPSA) is 63.1 Å². The molecule has 6 nitrogen and oxygen atoms in total. The van der Waals surface area contributed by atoms with E-state index >= 15 is 0 Å². The number of amides is 2. The highest BCUT2D eigenvalue weighted by Crippen LogP contribution is 2.24. The molecule has 1 aromatic carbocycles. The number of carbonyl (C=O) groups excluding carboxylic acids is 1. The van der Waals surface area contributed by atoms with Gasteiger partial charge in [-0.2, -0.15) is 5.10 Å². The van der Waals surface area contributed by atoms with Crippen LogP contribution in [0.2, 0.25) is 0 Å². The number of hydrogen-bond donors (Lipinski definition) is 1. The van der Waals surface area contributed by atoms with Crippen LogP contribution in [0.4, 0.5) is 10.5 Å². The molecule has 6 heteroatoms. The predicted octanol–water partition coefficient (Wildman–Crippen LogP) is 4.27. The number of nitrogens with zero attached hydrogens (tertiary/aromatic N) is 4. The van der Waals surface area contributed by atoms with Gasteiger partial charge in [-0.1, -0.05) is 25.5 Å². The Morgan fingerprint density at radius 2 is 2.08 bits per heavy atom. The summed E-state index contributed by atoms with van der Waals surface area (Å²) in [5.41, 5.74) is 2.52. The Hall–Kier alpha value is -3.15. The molecule has 3 rings (SSSR count). The Kier molecular flexibility index (Phi) is 5.63. The van der Waals surface area contributed by atoms with Gasteiger partial charge in [0.25, 0.3) is 0 Å². The van der Waals surface area contributed by atoms with Gasteiger partial charge in [-0.15, -0.1) is 0 Å². The van der Waals surface area contributed by atoms with Crippen molar-refractivity contribution in [2.75, 3.05) is 12.4 Å². The number of anilines is 1. The van der Waals surface area contributed by atoms with Gasteiger partial charge in [-0.3, -0.25) is 4.98 Å². The summed E-state index contributed by atoms with van der Waals surface area (Å²) in [6, 6.07) is 15.0. The van der Waals surface area contributed by atoms with Crippen molar-refractivity contribution in [3.8, 4) is 5.69 Å². The molecule has 0 saturated carbocycles. The van der Waals surface area contributed by atoms with E-state index in [0.717, 1.165) is 29.9 Å². The van der Waals surface area contributed by atoms with Gasteiger partial charge in [0.2, 0.25) is 0 Å². The van der Waals surface area contributed by atoms with E-state index in [1.54, 1.807) is 22.0 Å². The largest absolute Gasteiger partial charge is 0.322 e. The van der Waals surface area contributed by atoms with Crippen LogP contribution in [-0.4, -0.2) is 32.7 Å². The first-order chi connectivity index (χ1) is 12.7. The highest BCUT2D eigenvalue weighted by Gasteiger charge is 2.22. The van der Waals surface area contributed by atoms with Crippen LogP contribution in [0.3, 0.4) is 0 Å². The monoisotopic (exact) mass is 349 g/mol. The molecule has 2 amide bonds. The van der Waals surface area contributed by atoms with Gasteiger partial charge in [0.1, 0.15) is 0 Å². The number of rotatable bonds is 6. The molecule has 2 aromatic heterocycles. The minimum absolute atomic E-state index is 0.0597. The molecule has 0 aliphatic rings. The molecule has 0 spiro atoms. The summed E-state index contributed by atoms with van der Waals surface area (Å²) in [4.78, 5) is 18.9. The maximum absolute atomic E-state index is 12.8. The summed E-state index contributed by atoms with van der Waals surface area (Å²) in [6.45, 7) is 2.11. The second-order valence-electron chi connectivity index (χ2n) is 6.10. The lowest BCUT2D eigenvalue weighted by Gasteiger charge is -2.28. The fourth-order valence-electron chi connectivity index (χ4n) is 2.89. The fourth-order valence-corrected chi connectivity index (χ4v) is 2.89. The first-order valence-corrected chi connectivity index (χ1v) is 8.74. The van der Waals surface area contributed by atoms with Gasteiger partial charge >= 0.3 is 6.03 Å². The molecule has 1 atom stereocenters. The molecule has 0 fully saturated rings. The van der Waals surface area contributed by atoms with E-state index in [0.29, 0.717) is 0 Å². The Balaban J connectivity index is 1.75. The summed E-state index contributed by atoms with van der Waals surface area (Å²) >= 11 is 0. The molecule has 0 bridgehead atoms. The van der Waals surface area contributed by atoms with Crippen molar-refractivity contribution < 1.29 is 4.79 Å². The van der Waals surface area contributed by atoms with Crippen LogP contribution in [0.15, 0.2) is 67.1 Å². The number of carbonyl (C=O) groups is 1. The number of nitrogens with one attached hydrogen (secondary N) is 1. The van der Waals surface area contributed by atoms with Crippen molar-refractivity contribution in [2.24, 2.45) is 0 Å². The molecule has 2 heterocycles. The average Bonchev–Trinajstić information content (AvgIpc) is 3.21. The SMILES string of the molecule is CCC[C@@H](c1ccccn1)N(C)C(=O)Nc1cccc(-n2cccn2)c1. The van der Waals surface area contributed by atoms with Gasteiger partial charge in [0.15, 0.2) is 0 Å². The lowest BCUT2D eigenvalue weighted by Crippen LogP contribution is -2.35. The highest BCUT2D eigenvalue weighted by atomic mass is 16.2. The third kappa shape index (κ3) is 4.08. The zero-order chi connectivity index (χ0) is 18.4. The third-order valence-corrected chi connectivity index (χ3v) is 4.25. The molecule has 0 aliphatic heterocycles. The Morgan fingerprint density at radius 1 is 1.19 bits per heavy atom. The van der Waals surface area contributed by atoms with Crippen molar-refractivity contribution in [2.45, 2.75) is 25.8 Å². The second-order valence-corrected chi connectivity index (χ2v) is 6.10. The molecular formula is C20H23N5O. The van der Waals surface area contributed by atoms with E-state index in [4.69, 9.17) is 0 Å². The highest BCUT2D eigenvalue weighted by molar-refractivity contribution is 5.89. The van der Waals surface area contributed by atoms with Crippen LogP contribution in [-0.2, 0) is 0 Å².